The quantitative estimate of drug-likeness (QED) is 0.576. The smallest absolute Gasteiger partial charge is 0.286 e. The van der Waals surface area contributed by atoms with Gasteiger partial charge in [0.2, 0.25) is 5.78 Å². The highest BCUT2D eigenvalue weighted by Crippen LogP contribution is 2.15. The van der Waals surface area contributed by atoms with Crippen LogP contribution in [0.3, 0.4) is 0 Å². The number of unbranched alkanes of at least 4 members (excludes halogenated alkanes) is 1. The van der Waals surface area contributed by atoms with E-state index in [4.69, 9.17) is 0 Å². The van der Waals surface area contributed by atoms with Gasteiger partial charge in [-0.2, -0.15) is 0 Å². The number of H-pyrrole nitrogens is 1. The van der Waals surface area contributed by atoms with E-state index in [0.717, 1.165) is 0 Å². The van der Waals surface area contributed by atoms with Crippen LogP contribution in [0.25, 0.3) is 16.9 Å². The van der Waals surface area contributed by atoms with Crippen molar-refractivity contribution in [3.8, 4) is 0 Å². The van der Waals surface area contributed by atoms with Crippen molar-refractivity contribution in [1.29, 1.82) is 0 Å². The van der Waals surface area contributed by atoms with Crippen LogP contribution in [-0.4, -0.2) is 35.8 Å². The zero-order chi connectivity index (χ0) is 14.3. The van der Waals surface area contributed by atoms with E-state index in [9.17, 15) is 9.18 Å². The van der Waals surface area contributed by atoms with Crippen LogP contribution in [-0.2, 0) is 6.54 Å². The molecule has 0 aliphatic rings. The maximum Gasteiger partial charge on any atom is 0.286 e. The molecule has 0 bridgehead atoms. The Morgan fingerprint density at radius 1 is 1.35 bits per heavy atom. The summed E-state index contributed by atoms with van der Waals surface area (Å²) in [6, 6.07) is 0. The van der Waals surface area contributed by atoms with E-state index in [1.165, 1.54) is 4.40 Å². The van der Waals surface area contributed by atoms with Crippen LogP contribution < -0.4 is 5.56 Å². The second-order valence-corrected chi connectivity index (χ2v) is 5.21. The lowest BCUT2D eigenvalue weighted by Gasteiger charge is -2.08. The van der Waals surface area contributed by atoms with E-state index >= 15 is 0 Å². The number of aromatic amines is 1. The summed E-state index contributed by atoms with van der Waals surface area (Å²) < 4.78 is 16.0. The van der Waals surface area contributed by atoms with Crippen LogP contribution in [0.2, 0.25) is 0 Å². The largest absolute Gasteiger partial charge is 0.327 e. The zero-order valence-electron chi connectivity index (χ0n) is 10.7. The molecule has 0 amide bonds. The first-order valence-corrected chi connectivity index (χ1v) is 6.98. The summed E-state index contributed by atoms with van der Waals surface area (Å²) in [7, 11) is 0. The molecule has 0 radical (unpaired) electrons. The molecule has 0 saturated heterocycles. The Bertz CT molecular complexity index is 831. The number of nitrogens with zero attached hydrogens (tertiary/aromatic N) is 5. The second-order valence-electron chi connectivity index (χ2n) is 4.46. The molecule has 106 valence electrons. The molecule has 7 nitrogen and oxygen atoms in total. The molecule has 3 aromatic rings. The van der Waals surface area contributed by atoms with Crippen LogP contribution in [0, 0.1) is 6.92 Å². The highest BCUT2D eigenvalue weighted by molar-refractivity contribution is 9.10. The third-order valence-electron chi connectivity index (χ3n) is 3.14. The molecule has 0 spiro atoms. The molecule has 0 atom stereocenters. The number of rotatable bonds is 4. The topological polar surface area (TPSA) is 80.9 Å². The van der Waals surface area contributed by atoms with E-state index in [1.54, 1.807) is 11.5 Å². The molecule has 20 heavy (non-hydrogen) atoms. The van der Waals surface area contributed by atoms with Gasteiger partial charge in [-0.25, -0.2) is 9.38 Å². The maximum atomic E-state index is 12.4. The molecular formula is C11H12BrFN6O. The first kappa shape index (κ1) is 13.2. The number of fused-ring (bicyclic) bond motifs is 2. The number of nitrogens with one attached hydrogen (secondary N) is 1. The van der Waals surface area contributed by atoms with Crippen molar-refractivity contribution in [2.75, 3.05) is 6.67 Å². The number of aromatic nitrogens is 6. The molecular weight excluding hydrogens is 331 g/mol. The monoisotopic (exact) mass is 342 g/mol. The van der Waals surface area contributed by atoms with Gasteiger partial charge in [0, 0.05) is 6.54 Å². The Balaban J connectivity index is 2.31. The lowest BCUT2D eigenvalue weighted by atomic mass is 10.3. The molecule has 0 saturated carbocycles. The van der Waals surface area contributed by atoms with Gasteiger partial charge in [-0.1, -0.05) is 0 Å². The molecule has 3 heterocycles. The first-order valence-electron chi connectivity index (χ1n) is 6.19. The van der Waals surface area contributed by atoms with Crippen molar-refractivity contribution in [2.45, 2.75) is 26.3 Å². The summed E-state index contributed by atoms with van der Waals surface area (Å²) >= 11 is 3.23. The van der Waals surface area contributed by atoms with Gasteiger partial charge >= 0.3 is 0 Å². The van der Waals surface area contributed by atoms with Gasteiger partial charge in [-0.05, 0) is 35.7 Å². The number of aryl methyl sites for hydroxylation is 2. The van der Waals surface area contributed by atoms with Crippen LogP contribution in [0.5, 0.6) is 0 Å². The zero-order valence-corrected chi connectivity index (χ0v) is 12.3. The molecule has 3 rings (SSSR count). The number of alkyl halides is 1. The highest BCUT2D eigenvalue weighted by atomic mass is 79.9. The minimum atomic E-state index is -0.365. The van der Waals surface area contributed by atoms with Crippen molar-refractivity contribution in [3.05, 3.63) is 20.9 Å². The number of imidazole rings is 1. The van der Waals surface area contributed by atoms with Crippen molar-refractivity contribution in [2.24, 2.45) is 0 Å². The average Bonchev–Trinajstić information content (AvgIpc) is 2.98. The lowest BCUT2D eigenvalue weighted by Crippen LogP contribution is -2.20. The minimum absolute atomic E-state index is 0.238. The van der Waals surface area contributed by atoms with Crippen molar-refractivity contribution in [3.63, 3.8) is 0 Å². The Labute approximate surface area is 121 Å². The Morgan fingerprint density at radius 3 is 2.90 bits per heavy atom. The fraction of sp³-hybridized carbons (Fsp3) is 0.455. The van der Waals surface area contributed by atoms with Gasteiger partial charge in [0.1, 0.15) is 5.82 Å². The van der Waals surface area contributed by atoms with Gasteiger partial charge in [-0.15, -0.1) is 10.2 Å². The van der Waals surface area contributed by atoms with Gasteiger partial charge in [0.05, 0.1) is 6.67 Å². The standard InChI is InChI=1S/C11H12BrFN6O/c1-6-16-17-11-18(5-3-2-4-13)8-7(9(20)19(6)11)14-10(12)15-8/h2-5H2,1H3,(H,14,15). The van der Waals surface area contributed by atoms with Crippen LogP contribution in [0.1, 0.15) is 18.7 Å². The van der Waals surface area contributed by atoms with E-state index in [2.05, 4.69) is 36.1 Å². The van der Waals surface area contributed by atoms with E-state index in [1.807, 2.05) is 0 Å². The fourth-order valence-electron chi connectivity index (χ4n) is 2.22. The predicted octanol–water partition coefficient (Wildman–Crippen LogP) is 1.59. The van der Waals surface area contributed by atoms with Crippen molar-refractivity contribution >= 4 is 32.9 Å². The fourth-order valence-corrected chi connectivity index (χ4v) is 2.59. The predicted molar refractivity (Wildman–Crippen MR) is 74.5 cm³/mol. The summed E-state index contributed by atoms with van der Waals surface area (Å²) in [5.41, 5.74) is 0.644. The summed E-state index contributed by atoms with van der Waals surface area (Å²) in [6.07, 6.45) is 1.10. The summed E-state index contributed by atoms with van der Waals surface area (Å²) in [6.45, 7) is 1.87. The van der Waals surface area contributed by atoms with E-state index < -0.39 is 0 Å². The van der Waals surface area contributed by atoms with E-state index in [-0.39, 0.29) is 12.2 Å². The maximum absolute atomic E-state index is 12.4. The van der Waals surface area contributed by atoms with E-state index in [0.29, 0.717) is 46.9 Å². The van der Waals surface area contributed by atoms with Crippen LogP contribution in [0.15, 0.2) is 9.53 Å². The third-order valence-corrected chi connectivity index (χ3v) is 3.52. The summed E-state index contributed by atoms with van der Waals surface area (Å²) in [5, 5.41) is 7.97. The Morgan fingerprint density at radius 2 is 2.15 bits per heavy atom. The Hall–Kier alpha value is -1.77. The normalized spacial score (nSPS) is 11.8. The number of hydrogen-bond donors (Lipinski definition) is 1. The summed E-state index contributed by atoms with van der Waals surface area (Å²) in [5.74, 6) is 0.940. The molecule has 1 N–H and O–H groups in total. The van der Waals surface area contributed by atoms with Crippen LogP contribution >= 0.6 is 15.9 Å². The van der Waals surface area contributed by atoms with Gasteiger partial charge in [0.15, 0.2) is 15.9 Å². The van der Waals surface area contributed by atoms with Crippen LogP contribution in [0.4, 0.5) is 4.39 Å². The molecule has 0 unspecified atom stereocenters. The number of halogens is 2. The first-order chi connectivity index (χ1) is 9.63. The molecule has 0 aliphatic heterocycles. The van der Waals surface area contributed by atoms with Crippen molar-refractivity contribution in [1.82, 2.24) is 29.1 Å². The highest BCUT2D eigenvalue weighted by Gasteiger charge is 2.17. The average molecular weight is 343 g/mol. The minimum Gasteiger partial charge on any atom is -0.327 e. The SMILES string of the molecule is Cc1nnc2n(CCCCF)c3nc(Br)[nH]c3c(=O)n12. The third kappa shape index (κ3) is 1.92. The summed E-state index contributed by atoms with van der Waals surface area (Å²) in [4.78, 5) is 19.5. The second kappa shape index (κ2) is 4.97. The van der Waals surface area contributed by atoms with Gasteiger partial charge < -0.3 is 4.98 Å². The number of hydrogen-bond acceptors (Lipinski definition) is 4. The molecule has 0 fully saturated rings. The molecule has 0 aliphatic carbocycles. The van der Waals surface area contributed by atoms with Gasteiger partial charge in [-0.3, -0.25) is 13.8 Å². The Kier molecular flexibility index (Phi) is 3.28. The molecule has 0 aromatic carbocycles. The lowest BCUT2D eigenvalue weighted by molar-refractivity contribution is 0.449. The molecule has 9 heteroatoms. The van der Waals surface area contributed by atoms with Gasteiger partial charge in [0.25, 0.3) is 5.56 Å². The van der Waals surface area contributed by atoms with Crippen molar-refractivity contribution < 1.29 is 4.39 Å². The molecule has 3 aromatic heterocycles.